The first-order valence-corrected chi connectivity index (χ1v) is 7.42. The normalized spacial score (nSPS) is 25.7. The third-order valence-electron chi connectivity index (χ3n) is 5.18. The van der Waals surface area contributed by atoms with Crippen LogP contribution < -0.4 is 5.32 Å². The van der Waals surface area contributed by atoms with Crippen LogP contribution in [0.4, 0.5) is 0 Å². The van der Waals surface area contributed by atoms with Crippen LogP contribution in [0.5, 0.6) is 0 Å². The first-order chi connectivity index (χ1) is 8.38. The number of aliphatic hydroxyl groups excluding tert-OH is 1. The van der Waals surface area contributed by atoms with Crippen molar-refractivity contribution in [3.8, 4) is 0 Å². The molecule has 1 rings (SSSR count). The van der Waals surface area contributed by atoms with Gasteiger partial charge in [-0.3, -0.25) is 0 Å². The SMILES string of the molecule is CCC1(C)CCN(C(C)CC(C)(CO)NC)CC1. The van der Waals surface area contributed by atoms with E-state index >= 15 is 0 Å². The zero-order valence-electron chi connectivity index (χ0n) is 12.9. The topological polar surface area (TPSA) is 35.5 Å². The molecule has 2 unspecified atom stereocenters. The monoisotopic (exact) mass is 256 g/mol. The smallest absolute Gasteiger partial charge is 0.0611 e. The first-order valence-electron chi connectivity index (χ1n) is 7.42. The maximum Gasteiger partial charge on any atom is 0.0611 e. The Kier molecular flexibility index (Phi) is 5.63. The predicted octanol–water partition coefficient (Wildman–Crippen LogP) is 2.25. The average Bonchev–Trinajstić information content (AvgIpc) is 2.39. The van der Waals surface area contributed by atoms with Gasteiger partial charge in [0, 0.05) is 11.6 Å². The molecule has 0 amide bonds. The van der Waals surface area contributed by atoms with Gasteiger partial charge in [0.2, 0.25) is 0 Å². The lowest BCUT2D eigenvalue weighted by molar-refractivity contribution is 0.0624. The van der Waals surface area contributed by atoms with Gasteiger partial charge < -0.3 is 15.3 Å². The fourth-order valence-corrected chi connectivity index (χ4v) is 2.88. The highest BCUT2D eigenvalue weighted by Crippen LogP contribution is 2.35. The van der Waals surface area contributed by atoms with E-state index in [1.54, 1.807) is 0 Å². The molecule has 0 aromatic rings. The molecule has 2 atom stereocenters. The van der Waals surface area contributed by atoms with Gasteiger partial charge in [-0.2, -0.15) is 0 Å². The predicted molar refractivity (Wildman–Crippen MR) is 77.8 cm³/mol. The highest BCUT2D eigenvalue weighted by Gasteiger charge is 2.32. The van der Waals surface area contributed by atoms with E-state index in [0.717, 1.165) is 6.42 Å². The Labute approximate surface area is 113 Å². The summed E-state index contributed by atoms with van der Waals surface area (Å²) in [5.74, 6) is 0. The molecule has 0 aromatic heterocycles. The minimum absolute atomic E-state index is 0.148. The van der Waals surface area contributed by atoms with Gasteiger partial charge in [0.05, 0.1) is 6.61 Å². The number of aliphatic hydroxyl groups is 1. The van der Waals surface area contributed by atoms with Crippen LogP contribution in [-0.2, 0) is 0 Å². The number of hydrogen-bond acceptors (Lipinski definition) is 3. The highest BCUT2D eigenvalue weighted by atomic mass is 16.3. The van der Waals surface area contributed by atoms with Gasteiger partial charge in [-0.05, 0) is 58.7 Å². The van der Waals surface area contributed by atoms with Crippen molar-refractivity contribution in [2.24, 2.45) is 5.41 Å². The molecule has 0 aliphatic carbocycles. The zero-order chi connectivity index (χ0) is 13.8. The van der Waals surface area contributed by atoms with E-state index in [4.69, 9.17) is 0 Å². The summed E-state index contributed by atoms with van der Waals surface area (Å²) in [4.78, 5) is 2.59. The Morgan fingerprint density at radius 3 is 2.33 bits per heavy atom. The van der Waals surface area contributed by atoms with Crippen molar-refractivity contribution < 1.29 is 5.11 Å². The summed E-state index contributed by atoms with van der Waals surface area (Å²) in [5.41, 5.74) is 0.407. The Bertz CT molecular complexity index is 243. The van der Waals surface area contributed by atoms with Crippen molar-refractivity contribution in [3.63, 3.8) is 0 Å². The average molecular weight is 256 g/mol. The lowest BCUT2D eigenvalue weighted by Gasteiger charge is -2.43. The van der Waals surface area contributed by atoms with Crippen LogP contribution in [0, 0.1) is 5.41 Å². The second-order valence-corrected chi connectivity index (χ2v) is 6.72. The third-order valence-corrected chi connectivity index (χ3v) is 5.18. The summed E-state index contributed by atoms with van der Waals surface area (Å²) >= 11 is 0. The Balaban J connectivity index is 2.47. The van der Waals surface area contributed by atoms with Crippen molar-refractivity contribution in [2.75, 3.05) is 26.7 Å². The Morgan fingerprint density at radius 2 is 1.94 bits per heavy atom. The van der Waals surface area contributed by atoms with Crippen LogP contribution >= 0.6 is 0 Å². The fraction of sp³-hybridized carbons (Fsp3) is 1.00. The van der Waals surface area contributed by atoms with E-state index in [-0.39, 0.29) is 12.1 Å². The third kappa shape index (κ3) is 3.94. The number of likely N-dealkylation sites (N-methyl/N-ethyl adjacent to an activating group) is 1. The first kappa shape index (κ1) is 15.9. The van der Waals surface area contributed by atoms with Crippen molar-refractivity contribution in [2.45, 2.75) is 65.0 Å². The molecule has 108 valence electrons. The Hall–Kier alpha value is -0.120. The molecule has 1 heterocycles. The lowest BCUT2D eigenvalue weighted by Crippen LogP contribution is -2.51. The summed E-state index contributed by atoms with van der Waals surface area (Å²) in [7, 11) is 1.94. The van der Waals surface area contributed by atoms with E-state index in [2.05, 4.69) is 37.9 Å². The number of piperidine rings is 1. The van der Waals surface area contributed by atoms with Gasteiger partial charge in [0.1, 0.15) is 0 Å². The quantitative estimate of drug-likeness (QED) is 0.765. The van der Waals surface area contributed by atoms with Crippen molar-refractivity contribution >= 4 is 0 Å². The molecule has 1 fully saturated rings. The van der Waals surface area contributed by atoms with Crippen molar-refractivity contribution in [1.29, 1.82) is 0 Å². The van der Waals surface area contributed by atoms with Crippen LogP contribution in [0.1, 0.15) is 53.4 Å². The molecule has 0 aromatic carbocycles. The summed E-state index contributed by atoms with van der Waals surface area (Å²) in [6.07, 6.45) is 4.91. The maximum absolute atomic E-state index is 9.47. The second kappa shape index (κ2) is 6.36. The van der Waals surface area contributed by atoms with Crippen molar-refractivity contribution in [3.05, 3.63) is 0 Å². The molecule has 0 radical (unpaired) electrons. The van der Waals surface area contributed by atoms with E-state index in [1.807, 2.05) is 7.05 Å². The number of rotatable bonds is 6. The van der Waals surface area contributed by atoms with Gasteiger partial charge in [-0.15, -0.1) is 0 Å². The lowest BCUT2D eigenvalue weighted by atomic mass is 9.77. The molecule has 1 aliphatic rings. The molecule has 18 heavy (non-hydrogen) atoms. The Morgan fingerprint density at radius 1 is 1.39 bits per heavy atom. The minimum atomic E-state index is -0.148. The largest absolute Gasteiger partial charge is 0.394 e. The number of nitrogens with zero attached hydrogens (tertiary/aromatic N) is 1. The standard InChI is InChI=1S/C15H32N2O/c1-6-14(3)7-9-17(10-8-14)13(2)11-15(4,12-18)16-5/h13,16,18H,6-12H2,1-5H3. The molecule has 2 N–H and O–H groups in total. The number of hydrogen-bond donors (Lipinski definition) is 2. The van der Waals surface area contributed by atoms with Gasteiger partial charge in [-0.25, -0.2) is 0 Å². The molecule has 0 spiro atoms. The highest BCUT2D eigenvalue weighted by molar-refractivity contribution is 4.89. The summed E-state index contributed by atoms with van der Waals surface area (Å²) in [5, 5.41) is 12.7. The summed E-state index contributed by atoms with van der Waals surface area (Å²) < 4.78 is 0. The van der Waals surface area contributed by atoms with Gasteiger partial charge in [0.15, 0.2) is 0 Å². The summed E-state index contributed by atoms with van der Waals surface area (Å²) in [6, 6.07) is 0.538. The van der Waals surface area contributed by atoms with E-state index in [9.17, 15) is 5.11 Å². The van der Waals surface area contributed by atoms with E-state index < -0.39 is 0 Å². The molecule has 0 saturated carbocycles. The van der Waals surface area contributed by atoms with E-state index in [0.29, 0.717) is 11.5 Å². The number of nitrogens with one attached hydrogen (secondary N) is 1. The summed E-state index contributed by atoms with van der Waals surface area (Å²) in [6.45, 7) is 11.7. The molecular weight excluding hydrogens is 224 g/mol. The minimum Gasteiger partial charge on any atom is -0.394 e. The number of likely N-dealkylation sites (tertiary alicyclic amines) is 1. The van der Waals surface area contributed by atoms with Crippen LogP contribution in [-0.4, -0.2) is 48.3 Å². The van der Waals surface area contributed by atoms with Crippen LogP contribution in [0.3, 0.4) is 0 Å². The van der Waals surface area contributed by atoms with Crippen LogP contribution in [0.2, 0.25) is 0 Å². The van der Waals surface area contributed by atoms with E-state index in [1.165, 1.54) is 32.4 Å². The van der Waals surface area contributed by atoms with Gasteiger partial charge >= 0.3 is 0 Å². The van der Waals surface area contributed by atoms with Crippen LogP contribution in [0.15, 0.2) is 0 Å². The fourth-order valence-electron chi connectivity index (χ4n) is 2.88. The molecule has 0 bridgehead atoms. The van der Waals surface area contributed by atoms with Crippen molar-refractivity contribution in [1.82, 2.24) is 10.2 Å². The molecule has 1 saturated heterocycles. The van der Waals surface area contributed by atoms with Crippen LogP contribution in [0.25, 0.3) is 0 Å². The van der Waals surface area contributed by atoms with Gasteiger partial charge in [-0.1, -0.05) is 20.3 Å². The zero-order valence-corrected chi connectivity index (χ0v) is 12.9. The second-order valence-electron chi connectivity index (χ2n) is 6.72. The molecule has 3 heteroatoms. The molecule has 1 aliphatic heterocycles. The maximum atomic E-state index is 9.47. The van der Waals surface area contributed by atoms with Gasteiger partial charge in [0.25, 0.3) is 0 Å². The molecule has 3 nitrogen and oxygen atoms in total. The molecular formula is C15H32N2O.